The number of hydrogen-bond acceptors (Lipinski definition) is 5. The molecular formula is C22H14ClNO5. The lowest BCUT2D eigenvalue weighted by Crippen LogP contribution is -2.29. The van der Waals surface area contributed by atoms with Crippen molar-refractivity contribution in [2.45, 2.75) is 0 Å². The predicted octanol–water partition coefficient (Wildman–Crippen LogP) is 4.13. The highest BCUT2D eigenvalue weighted by atomic mass is 35.5. The minimum atomic E-state index is -0.649. The lowest BCUT2D eigenvalue weighted by molar-refractivity contribution is -0.136. The van der Waals surface area contributed by atoms with E-state index in [9.17, 15) is 14.4 Å². The summed E-state index contributed by atoms with van der Waals surface area (Å²) < 4.78 is 10.6. The molecular weight excluding hydrogens is 394 g/mol. The van der Waals surface area contributed by atoms with Gasteiger partial charge in [-0.1, -0.05) is 41.9 Å². The van der Waals surface area contributed by atoms with E-state index in [1.54, 1.807) is 66.7 Å². The van der Waals surface area contributed by atoms with Crippen molar-refractivity contribution in [1.29, 1.82) is 0 Å². The number of amides is 2. The molecule has 144 valence electrons. The van der Waals surface area contributed by atoms with Gasteiger partial charge in [0.25, 0.3) is 11.8 Å². The number of ether oxygens (including phenoxy) is 2. The number of anilines is 1. The number of esters is 1. The summed E-state index contributed by atoms with van der Waals surface area (Å²) in [5.74, 6) is -0.936. The fourth-order valence-electron chi connectivity index (χ4n) is 2.97. The molecule has 7 heteroatoms. The minimum absolute atomic E-state index is 0.187. The van der Waals surface area contributed by atoms with E-state index in [1.807, 2.05) is 0 Å². The summed E-state index contributed by atoms with van der Waals surface area (Å²) in [4.78, 5) is 38.4. The summed E-state index contributed by atoms with van der Waals surface area (Å²) in [7, 11) is 0. The first-order chi connectivity index (χ1) is 14.0. The number of fused-ring (bicyclic) bond motifs is 1. The summed E-state index contributed by atoms with van der Waals surface area (Å²) in [5.41, 5.74) is 0.995. The van der Waals surface area contributed by atoms with Gasteiger partial charge in [-0.25, -0.2) is 9.69 Å². The van der Waals surface area contributed by atoms with Crippen LogP contribution in [0.3, 0.4) is 0 Å². The predicted molar refractivity (Wildman–Crippen MR) is 107 cm³/mol. The van der Waals surface area contributed by atoms with Crippen LogP contribution in [-0.4, -0.2) is 24.4 Å². The number of hydrogen-bond donors (Lipinski definition) is 0. The molecule has 4 rings (SSSR count). The Morgan fingerprint density at radius 1 is 0.862 bits per heavy atom. The van der Waals surface area contributed by atoms with Gasteiger partial charge in [0.05, 0.1) is 21.8 Å². The van der Waals surface area contributed by atoms with Crippen LogP contribution in [0.15, 0.2) is 72.8 Å². The van der Waals surface area contributed by atoms with Gasteiger partial charge in [0, 0.05) is 6.07 Å². The number of para-hydroxylation sites is 1. The Kier molecular flexibility index (Phi) is 5.01. The second-order valence-corrected chi connectivity index (χ2v) is 6.59. The van der Waals surface area contributed by atoms with E-state index in [4.69, 9.17) is 21.1 Å². The monoisotopic (exact) mass is 407 g/mol. The fraction of sp³-hybridized carbons (Fsp3) is 0.0455. The van der Waals surface area contributed by atoms with Gasteiger partial charge in [-0.2, -0.15) is 0 Å². The van der Waals surface area contributed by atoms with E-state index in [2.05, 4.69) is 0 Å². The number of rotatable bonds is 5. The van der Waals surface area contributed by atoms with Crippen LogP contribution in [0.25, 0.3) is 0 Å². The van der Waals surface area contributed by atoms with E-state index < -0.39 is 17.8 Å². The van der Waals surface area contributed by atoms with Crippen LogP contribution in [0.4, 0.5) is 5.69 Å². The first-order valence-electron chi connectivity index (χ1n) is 8.70. The molecule has 29 heavy (non-hydrogen) atoms. The lowest BCUT2D eigenvalue weighted by atomic mass is 10.1. The molecule has 1 aliphatic heterocycles. The first kappa shape index (κ1) is 18.7. The molecule has 0 N–H and O–H groups in total. The van der Waals surface area contributed by atoms with E-state index >= 15 is 0 Å². The molecule has 0 atom stereocenters. The van der Waals surface area contributed by atoms with Crippen molar-refractivity contribution in [3.63, 3.8) is 0 Å². The smallest absolute Gasteiger partial charge is 0.349 e. The number of carbonyl (C=O) groups excluding carboxylic acids is 3. The van der Waals surface area contributed by atoms with Crippen LogP contribution in [0.2, 0.25) is 5.02 Å². The Balaban J connectivity index is 1.47. The van der Waals surface area contributed by atoms with Crippen LogP contribution in [0, 0.1) is 0 Å². The third-order valence-corrected chi connectivity index (χ3v) is 4.60. The average Bonchev–Trinajstić information content (AvgIpc) is 2.98. The maximum atomic E-state index is 12.6. The van der Waals surface area contributed by atoms with Gasteiger partial charge in [0.1, 0.15) is 11.5 Å². The number of nitrogens with zero attached hydrogens (tertiary/aromatic N) is 1. The molecule has 3 aromatic rings. The zero-order valence-electron chi connectivity index (χ0n) is 15.0. The Morgan fingerprint density at radius 2 is 1.52 bits per heavy atom. The van der Waals surface area contributed by atoms with Crippen LogP contribution in [-0.2, 0) is 4.79 Å². The maximum Gasteiger partial charge on any atom is 0.349 e. The van der Waals surface area contributed by atoms with Gasteiger partial charge in [-0.3, -0.25) is 9.59 Å². The van der Waals surface area contributed by atoms with Crippen molar-refractivity contribution in [3.8, 4) is 11.5 Å². The van der Waals surface area contributed by atoms with E-state index in [0.717, 1.165) is 4.90 Å². The molecule has 1 aliphatic rings. The summed E-state index contributed by atoms with van der Waals surface area (Å²) in [6.45, 7) is -0.346. The second-order valence-electron chi connectivity index (χ2n) is 6.18. The van der Waals surface area contributed by atoms with Crippen LogP contribution in [0.5, 0.6) is 11.5 Å². The number of halogens is 1. The second kappa shape index (κ2) is 7.77. The number of imide groups is 1. The van der Waals surface area contributed by atoms with Gasteiger partial charge >= 0.3 is 5.97 Å². The van der Waals surface area contributed by atoms with E-state index in [0.29, 0.717) is 27.6 Å². The molecule has 1 heterocycles. The highest BCUT2D eigenvalue weighted by molar-refractivity contribution is 6.34. The van der Waals surface area contributed by atoms with Crippen molar-refractivity contribution < 1.29 is 23.9 Å². The molecule has 0 aliphatic carbocycles. The standard InChI is InChI=1S/C22H14ClNO5/c23-18-10-3-4-11-19(18)28-13-20(25)29-15-7-5-6-14(12-15)24-21(26)16-8-1-2-9-17(16)22(24)27/h1-12H,13H2. The zero-order valence-corrected chi connectivity index (χ0v) is 15.8. The van der Waals surface area contributed by atoms with Gasteiger partial charge in [-0.15, -0.1) is 0 Å². The number of carbonyl (C=O) groups is 3. The molecule has 0 fully saturated rings. The Labute approximate surface area is 171 Å². The molecule has 0 bridgehead atoms. The third kappa shape index (κ3) is 3.70. The maximum absolute atomic E-state index is 12.6. The van der Waals surface area contributed by atoms with E-state index in [-0.39, 0.29) is 12.4 Å². The minimum Gasteiger partial charge on any atom is -0.480 e. The van der Waals surface area contributed by atoms with Gasteiger partial charge in [0.2, 0.25) is 0 Å². The fourth-order valence-corrected chi connectivity index (χ4v) is 3.16. The quantitative estimate of drug-likeness (QED) is 0.361. The van der Waals surface area contributed by atoms with E-state index in [1.165, 1.54) is 6.07 Å². The van der Waals surface area contributed by atoms with Crippen molar-refractivity contribution in [3.05, 3.63) is 88.9 Å². The molecule has 0 unspecified atom stereocenters. The summed E-state index contributed by atoms with van der Waals surface area (Å²) in [6, 6.07) is 19.6. The summed E-state index contributed by atoms with van der Waals surface area (Å²) in [6.07, 6.45) is 0. The molecule has 3 aromatic carbocycles. The van der Waals surface area contributed by atoms with Crippen LogP contribution < -0.4 is 14.4 Å². The Bertz CT molecular complexity index is 1090. The van der Waals surface area contributed by atoms with Crippen molar-refractivity contribution in [2.75, 3.05) is 11.5 Å². The molecule has 0 aromatic heterocycles. The zero-order chi connectivity index (χ0) is 20.4. The first-order valence-corrected chi connectivity index (χ1v) is 9.08. The van der Waals surface area contributed by atoms with Gasteiger partial charge in [-0.05, 0) is 36.4 Å². The third-order valence-electron chi connectivity index (χ3n) is 4.28. The number of benzene rings is 3. The highest BCUT2D eigenvalue weighted by Gasteiger charge is 2.36. The average molecular weight is 408 g/mol. The Morgan fingerprint density at radius 3 is 2.21 bits per heavy atom. The molecule has 2 amide bonds. The van der Waals surface area contributed by atoms with Crippen molar-refractivity contribution >= 4 is 35.1 Å². The van der Waals surface area contributed by atoms with Gasteiger partial charge < -0.3 is 9.47 Å². The molecule has 6 nitrogen and oxygen atoms in total. The highest BCUT2D eigenvalue weighted by Crippen LogP contribution is 2.30. The van der Waals surface area contributed by atoms with Crippen molar-refractivity contribution in [1.82, 2.24) is 0 Å². The lowest BCUT2D eigenvalue weighted by Gasteiger charge is -2.15. The summed E-state index contributed by atoms with van der Waals surface area (Å²) in [5, 5.41) is 0.382. The topological polar surface area (TPSA) is 72.9 Å². The largest absolute Gasteiger partial charge is 0.480 e. The molecule has 0 spiro atoms. The van der Waals surface area contributed by atoms with Crippen LogP contribution >= 0.6 is 11.6 Å². The van der Waals surface area contributed by atoms with Gasteiger partial charge in [0.15, 0.2) is 6.61 Å². The van der Waals surface area contributed by atoms with Crippen LogP contribution in [0.1, 0.15) is 20.7 Å². The molecule has 0 radical (unpaired) electrons. The molecule has 0 saturated heterocycles. The van der Waals surface area contributed by atoms with Crippen molar-refractivity contribution in [2.24, 2.45) is 0 Å². The molecule has 0 saturated carbocycles. The Hall–Kier alpha value is -3.64. The SMILES string of the molecule is O=C(COc1ccccc1Cl)Oc1cccc(N2C(=O)c3ccccc3C2=O)c1. The normalized spacial score (nSPS) is 12.7. The summed E-state index contributed by atoms with van der Waals surface area (Å²) >= 11 is 5.98.